The van der Waals surface area contributed by atoms with Gasteiger partial charge in [0.1, 0.15) is 0 Å². The van der Waals surface area contributed by atoms with E-state index in [9.17, 15) is 9.59 Å². The van der Waals surface area contributed by atoms with Gasteiger partial charge in [-0.25, -0.2) is 0 Å². The molecular formula is C14H17ClO3. The smallest absolute Gasteiger partial charge is 0.310 e. The third-order valence-corrected chi connectivity index (χ3v) is 2.71. The molecule has 0 heterocycles. The SMILES string of the molecule is CCOC(=O)Cc1cccc(C(=O)CCCCl)c1. The molecule has 0 unspecified atom stereocenters. The monoisotopic (exact) mass is 268 g/mol. The number of carbonyl (C=O) groups is 2. The number of alkyl halides is 1. The lowest BCUT2D eigenvalue weighted by atomic mass is 10.0. The first-order valence-corrected chi connectivity index (χ1v) is 6.54. The molecule has 4 heteroatoms. The van der Waals surface area contributed by atoms with Gasteiger partial charge in [-0.15, -0.1) is 11.6 Å². The van der Waals surface area contributed by atoms with Crippen molar-refractivity contribution in [3.05, 3.63) is 35.4 Å². The molecule has 3 nitrogen and oxygen atoms in total. The highest BCUT2D eigenvalue weighted by Gasteiger charge is 2.08. The zero-order valence-corrected chi connectivity index (χ0v) is 11.2. The Hall–Kier alpha value is -1.35. The molecule has 0 amide bonds. The number of carbonyl (C=O) groups excluding carboxylic acids is 2. The summed E-state index contributed by atoms with van der Waals surface area (Å²) in [5.41, 5.74) is 1.42. The molecule has 0 saturated carbocycles. The van der Waals surface area contributed by atoms with E-state index in [0.29, 0.717) is 30.9 Å². The van der Waals surface area contributed by atoms with Crippen molar-refractivity contribution in [2.24, 2.45) is 0 Å². The Balaban J connectivity index is 2.67. The van der Waals surface area contributed by atoms with Crippen molar-refractivity contribution in [1.82, 2.24) is 0 Å². The van der Waals surface area contributed by atoms with Crippen molar-refractivity contribution in [3.8, 4) is 0 Å². The largest absolute Gasteiger partial charge is 0.466 e. The molecule has 0 aromatic heterocycles. The van der Waals surface area contributed by atoms with Crippen molar-refractivity contribution in [1.29, 1.82) is 0 Å². The highest BCUT2D eigenvalue weighted by atomic mass is 35.5. The molecule has 1 rings (SSSR count). The van der Waals surface area contributed by atoms with E-state index >= 15 is 0 Å². The quantitative estimate of drug-likeness (QED) is 0.434. The predicted octanol–water partition coefficient (Wildman–Crippen LogP) is 2.99. The van der Waals surface area contributed by atoms with Crippen LogP contribution < -0.4 is 0 Å². The topological polar surface area (TPSA) is 43.4 Å². The minimum absolute atomic E-state index is 0.0568. The van der Waals surface area contributed by atoms with Crippen LogP contribution in [0.1, 0.15) is 35.7 Å². The van der Waals surface area contributed by atoms with Crippen molar-refractivity contribution < 1.29 is 14.3 Å². The molecule has 0 bridgehead atoms. The number of esters is 1. The Labute approximate surface area is 112 Å². The van der Waals surface area contributed by atoms with Gasteiger partial charge in [0.2, 0.25) is 0 Å². The van der Waals surface area contributed by atoms with Crippen LogP contribution in [0.15, 0.2) is 24.3 Å². The molecule has 1 aromatic rings. The van der Waals surface area contributed by atoms with Gasteiger partial charge in [-0.05, 0) is 25.0 Å². The van der Waals surface area contributed by atoms with Gasteiger partial charge in [0.05, 0.1) is 13.0 Å². The van der Waals surface area contributed by atoms with Gasteiger partial charge in [0, 0.05) is 17.9 Å². The lowest BCUT2D eigenvalue weighted by molar-refractivity contribution is -0.142. The molecule has 98 valence electrons. The Morgan fingerprint density at radius 2 is 2.11 bits per heavy atom. The Bertz CT molecular complexity index is 415. The van der Waals surface area contributed by atoms with E-state index < -0.39 is 0 Å². The Morgan fingerprint density at radius 1 is 1.33 bits per heavy atom. The molecule has 1 aromatic carbocycles. The molecular weight excluding hydrogens is 252 g/mol. The second-order valence-electron chi connectivity index (χ2n) is 3.90. The maximum absolute atomic E-state index is 11.8. The molecule has 18 heavy (non-hydrogen) atoms. The van der Waals surface area contributed by atoms with Gasteiger partial charge in [0.25, 0.3) is 0 Å². The fourth-order valence-corrected chi connectivity index (χ4v) is 1.74. The van der Waals surface area contributed by atoms with E-state index in [1.807, 2.05) is 6.07 Å². The molecule has 0 spiro atoms. The van der Waals surface area contributed by atoms with Crippen LogP contribution in [-0.2, 0) is 16.0 Å². The zero-order chi connectivity index (χ0) is 13.4. The van der Waals surface area contributed by atoms with E-state index in [1.54, 1.807) is 25.1 Å². The van der Waals surface area contributed by atoms with Crippen molar-refractivity contribution >= 4 is 23.4 Å². The molecule has 0 aliphatic heterocycles. The van der Waals surface area contributed by atoms with Gasteiger partial charge in [-0.2, -0.15) is 0 Å². The number of hydrogen-bond acceptors (Lipinski definition) is 3. The van der Waals surface area contributed by atoms with Crippen molar-refractivity contribution in [2.75, 3.05) is 12.5 Å². The zero-order valence-electron chi connectivity index (χ0n) is 10.4. The lowest BCUT2D eigenvalue weighted by Crippen LogP contribution is -2.08. The van der Waals surface area contributed by atoms with Crippen molar-refractivity contribution in [3.63, 3.8) is 0 Å². The van der Waals surface area contributed by atoms with Crippen LogP contribution in [0.5, 0.6) is 0 Å². The Morgan fingerprint density at radius 3 is 2.78 bits per heavy atom. The van der Waals surface area contributed by atoms with E-state index in [4.69, 9.17) is 16.3 Å². The van der Waals surface area contributed by atoms with Crippen LogP contribution in [0.2, 0.25) is 0 Å². The van der Waals surface area contributed by atoms with E-state index in [-0.39, 0.29) is 18.2 Å². The van der Waals surface area contributed by atoms with E-state index in [1.165, 1.54) is 0 Å². The molecule has 0 saturated heterocycles. The Kier molecular flexibility index (Phi) is 6.44. The minimum atomic E-state index is -0.275. The second-order valence-corrected chi connectivity index (χ2v) is 4.28. The van der Waals surface area contributed by atoms with Gasteiger partial charge in [0.15, 0.2) is 5.78 Å². The first-order chi connectivity index (χ1) is 8.67. The maximum Gasteiger partial charge on any atom is 0.310 e. The molecule has 0 radical (unpaired) electrons. The van der Waals surface area contributed by atoms with Crippen LogP contribution >= 0.6 is 11.6 Å². The summed E-state index contributed by atoms with van der Waals surface area (Å²) < 4.78 is 4.87. The second kappa shape index (κ2) is 7.88. The number of Topliss-reactive ketones (excluding diaryl/α,β-unsaturated/α-hetero) is 1. The summed E-state index contributed by atoms with van der Waals surface area (Å²) in [6.07, 6.45) is 1.30. The van der Waals surface area contributed by atoms with Gasteiger partial charge < -0.3 is 4.74 Å². The van der Waals surface area contributed by atoms with Crippen LogP contribution in [0.25, 0.3) is 0 Å². The first-order valence-electron chi connectivity index (χ1n) is 6.01. The van der Waals surface area contributed by atoms with Crippen molar-refractivity contribution in [2.45, 2.75) is 26.2 Å². The standard InChI is InChI=1S/C14H17ClO3/c1-2-18-14(17)10-11-5-3-6-12(9-11)13(16)7-4-8-15/h3,5-6,9H,2,4,7-8,10H2,1H3. The van der Waals surface area contributed by atoms with Crippen LogP contribution in [-0.4, -0.2) is 24.2 Å². The normalized spacial score (nSPS) is 10.1. The number of ether oxygens (including phenoxy) is 1. The minimum Gasteiger partial charge on any atom is -0.466 e. The predicted molar refractivity (Wildman–Crippen MR) is 71.1 cm³/mol. The van der Waals surface area contributed by atoms with Gasteiger partial charge in [-0.1, -0.05) is 18.2 Å². The summed E-state index contributed by atoms with van der Waals surface area (Å²) in [6, 6.07) is 7.09. The summed E-state index contributed by atoms with van der Waals surface area (Å²) in [4.78, 5) is 23.1. The molecule has 0 N–H and O–H groups in total. The number of ketones is 1. The average Bonchev–Trinajstić information content (AvgIpc) is 2.36. The molecule has 0 atom stereocenters. The summed E-state index contributed by atoms with van der Waals surface area (Å²) in [5, 5.41) is 0. The summed E-state index contributed by atoms with van der Waals surface area (Å²) in [5.74, 6) is 0.262. The molecule has 0 fully saturated rings. The molecule has 0 aliphatic carbocycles. The average molecular weight is 269 g/mol. The van der Waals surface area contributed by atoms with Crippen LogP contribution in [0.4, 0.5) is 0 Å². The molecule has 0 aliphatic rings. The fraction of sp³-hybridized carbons (Fsp3) is 0.429. The summed E-state index contributed by atoms with van der Waals surface area (Å²) in [7, 11) is 0. The van der Waals surface area contributed by atoms with Crippen LogP contribution in [0, 0.1) is 0 Å². The number of benzene rings is 1. The maximum atomic E-state index is 11.8. The number of hydrogen-bond donors (Lipinski definition) is 0. The van der Waals surface area contributed by atoms with Crippen LogP contribution in [0.3, 0.4) is 0 Å². The third kappa shape index (κ3) is 4.88. The first kappa shape index (κ1) is 14.7. The number of rotatable bonds is 7. The summed E-state index contributed by atoms with van der Waals surface area (Å²) in [6.45, 7) is 2.14. The van der Waals surface area contributed by atoms with E-state index in [2.05, 4.69) is 0 Å². The number of halogens is 1. The van der Waals surface area contributed by atoms with Gasteiger partial charge in [-0.3, -0.25) is 9.59 Å². The third-order valence-electron chi connectivity index (χ3n) is 2.44. The lowest BCUT2D eigenvalue weighted by Gasteiger charge is -2.04. The van der Waals surface area contributed by atoms with E-state index in [0.717, 1.165) is 5.56 Å². The fourth-order valence-electron chi connectivity index (χ4n) is 1.61. The highest BCUT2D eigenvalue weighted by Crippen LogP contribution is 2.10. The highest BCUT2D eigenvalue weighted by molar-refractivity contribution is 6.18. The summed E-state index contributed by atoms with van der Waals surface area (Å²) >= 11 is 5.55. The van der Waals surface area contributed by atoms with Gasteiger partial charge >= 0.3 is 5.97 Å².